The SMILES string of the molecule is C=CCC(C)(C)C(C)(C)CC(C)(C)C(C)(C)c1cc(C(C)(C)C)cc(C2(C)CC2(C)CC(C)(C)C(C)(C)C=C)c1. The van der Waals surface area contributed by atoms with Crippen LogP contribution >= 0.6 is 0 Å². The zero-order chi connectivity index (χ0) is 31.6. The van der Waals surface area contributed by atoms with Gasteiger partial charge < -0.3 is 0 Å². The van der Waals surface area contributed by atoms with Crippen LogP contribution in [0.2, 0.25) is 0 Å². The van der Waals surface area contributed by atoms with E-state index in [2.05, 4.69) is 161 Å². The lowest BCUT2D eigenvalue weighted by atomic mass is 9.53. The Hall–Kier alpha value is -1.30. The highest BCUT2D eigenvalue weighted by Crippen LogP contribution is 2.70. The third-order valence-electron chi connectivity index (χ3n) is 13.3. The summed E-state index contributed by atoms with van der Waals surface area (Å²) in [4.78, 5) is 0. The van der Waals surface area contributed by atoms with Gasteiger partial charge in [-0.25, -0.2) is 0 Å². The van der Waals surface area contributed by atoms with Gasteiger partial charge in [-0.2, -0.15) is 0 Å². The van der Waals surface area contributed by atoms with Crippen LogP contribution in [0.1, 0.15) is 160 Å². The van der Waals surface area contributed by atoms with Crippen LogP contribution in [-0.2, 0) is 16.2 Å². The van der Waals surface area contributed by atoms with Crippen molar-refractivity contribution in [2.45, 2.75) is 160 Å². The van der Waals surface area contributed by atoms with Crippen molar-refractivity contribution in [2.75, 3.05) is 0 Å². The van der Waals surface area contributed by atoms with Crippen LogP contribution in [0.25, 0.3) is 0 Å². The van der Waals surface area contributed by atoms with E-state index in [-0.39, 0.29) is 48.7 Å². The number of allylic oxidation sites excluding steroid dienone is 2. The standard InChI is InChI=1S/C40H68/c1-20-22-34(8,9)35(10,11)26-37(14,15)38(16,17)30-23-29(32(3,4)5)24-31(25-30)40(19)28-39(40,18)27-36(12,13)33(6,7)21-2/h20-21,23-25H,1-2,22,26-28H2,3-19H3. The second kappa shape index (κ2) is 10.2. The van der Waals surface area contributed by atoms with Crippen molar-refractivity contribution in [2.24, 2.45) is 32.5 Å². The maximum Gasteiger partial charge on any atom is -0.00153 e. The Bertz CT molecular complexity index is 1090. The van der Waals surface area contributed by atoms with Gasteiger partial charge in [-0.3, -0.25) is 0 Å². The molecule has 2 atom stereocenters. The van der Waals surface area contributed by atoms with E-state index in [4.69, 9.17) is 0 Å². The molecule has 1 saturated carbocycles. The highest BCUT2D eigenvalue weighted by molar-refractivity contribution is 5.46. The van der Waals surface area contributed by atoms with Crippen molar-refractivity contribution in [3.8, 4) is 0 Å². The molecule has 0 aromatic heterocycles. The van der Waals surface area contributed by atoms with Gasteiger partial charge in [-0.15, -0.1) is 13.2 Å². The van der Waals surface area contributed by atoms with Gasteiger partial charge in [0.15, 0.2) is 0 Å². The van der Waals surface area contributed by atoms with Crippen molar-refractivity contribution in [3.63, 3.8) is 0 Å². The molecule has 0 spiro atoms. The predicted molar refractivity (Wildman–Crippen MR) is 181 cm³/mol. The molecule has 40 heavy (non-hydrogen) atoms. The molecule has 0 N–H and O–H groups in total. The van der Waals surface area contributed by atoms with Crippen molar-refractivity contribution in [1.29, 1.82) is 0 Å². The quantitative estimate of drug-likeness (QED) is 0.228. The van der Waals surface area contributed by atoms with E-state index in [0.717, 1.165) is 12.8 Å². The van der Waals surface area contributed by atoms with Crippen molar-refractivity contribution >= 4 is 0 Å². The Labute approximate surface area is 251 Å². The fraction of sp³-hybridized carbons (Fsp3) is 0.750. The van der Waals surface area contributed by atoms with Crippen LogP contribution in [0.4, 0.5) is 0 Å². The minimum atomic E-state index is 0.0102. The summed E-state index contributed by atoms with van der Waals surface area (Å²) >= 11 is 0. The molecule has 228 valence electrons. The predicted octanol–water partition coefficient (Wildman–Crippen LogP) is 12.6. The molecular formula is C40H68. The summed E-state index contributed by atoms with van der Waals surface area (Å²) in [5.74, 6) is 0. The highest BCUT2D eigenvalue weighted by atomic mass is 14.7. The van der Waals surface area contributed by atoms with E-state index in [1.807, 2.05) is 0 Å². The minimum absolute atomic E-state index is 0.0102. The summed E-state index contributed by atoms with van der Waals surface area (Å²) in [6.07, 6.45) is 8.90. The smallest absolute Gasteiger partial charge is 0.00153 e. The van der Waals surface area contributed by atoms with E-state index < -0.39 is 0 Å². The van der Waals surface area contributed by atoms with Gasteiger partial charge in [-0.1, -0.05) is 148 Å². The van der Waals surface area contributed by atoms with Crippen LogP contribution in [0.15, 0.2) is 43.5 Å². The topological polar surface area (TPSA) is 0 Å². The molecule has 1 aliphatic rings. The molecule has 0 aliphatic heterocycles. The van der Waals surface area contributed by atoms with Gasteiger partial charge in [0, 0.05) is 0 Å². The molecule has 0 saturated heterocycles. The summed E-state index contributed by atoms with van der Waals surface area (Å²) in [5, 5.41) is 0. The fourth-order valence-electron chi connectivity index (χ4n) is 7.26. The Morgan fingerprint density at radius 2 is 1.18 bits per heavy atom. The third kappa shape index (κ3) is 6.08. The van der Waals surface area contributed by atoms with Crippen LogP contribution < -0.4 is 0 Å². The summed E-state index contributed by atoms with van der Waals surface area (Å²) in [6, 6.07) is 7.71. The molecule has 1 fully saturated rings. The van der Waals surface area contributed by atoms with E-state index in [0.29, 0.717) is 0 Å². The zero-order valence-electron chi connectivity index (χ0n) is 30.1. The van der Waals surface area contributed by atoms with Crippen LogP contribution in [0.3, 0.4) is 0 Å². The largest absolute Gasteiger partial charge is 0.103 e. The molecule has 0 heteroatoms. The molecule has 1 aliphatic carbocycles. The Morgan fingerprint density at radius 1 is 0.675 bits per heavy atom. The molecule has 2 rings (SSSR count). The lowest BCUT2D eigenvalue weighted by Crippen LogP contribution is -2.44. The lowest BCUT2D eigenvalue weighted by Gasteiger charge is -2.51. The van der Waals surface area contributed by atoms with Crippen LogP contribution in [0.5, 0.6) is 0 Å². The van der Waals surface area contributed by atoms with Gasteiger partial charge in [-0.05, 0) is 91.1 Å². The molecule has 0 bridgehead atoms. The molecule has 1 aromatic rings. The second-order valence-electron chi connectivity index (χ2n) is 19.1. The number of hydrogen-bond donors (Lipinski definition) is 0. The van der Waals surface area contributed by atoms with Gasteiger partial charge in [0.1, 0.15) is 0 Å². The number of rotatable bonds is 12. The van der Waals surface area contributed by atoms with E-state index in [1.165, 1.54) is 24.0 Å². The maximum atomic E-state index is 4.19. The third-order valence-corrected chi connectivity index (χ3v) is 13.3. The summed E-state index contributed by atoms with van der Waals surface area (Å²) in [5.41, 5.74) is 5.82. The molecule has 0 nitrogen and oxygen atoms in total. The zero-order valence-corrected chi connectivity index (χ0v) is 30.1. The molecule has 2 unspecified atom stereocenters. The van der Waals surface area contributed by atoms with E-state index >= 15 is 0 Å². The summed E-state index contributed by atoms with van der Waals surface area (Å²) in [7, 11) is 0. The first kappa shape index (κ1) is 34.9. The first-order valence-corrected chi connectivity index (χ1v) is 16.0. The van der Waals surface area contributed by atoms with Gasteiger partial charge >= 0.3 is 0 Å². The number of benzene rings is 1. The van der Waals surface area contributed by atoms with Crippen molar-refractivity contribution < 1.29 is 0 Å². The van der Waals surface area contributed by atoms with E-state index in [9.17, 15) is 0 Å². The average molecular weight is 549 g/mol. The van der Waals surface area contributed by atoms with Crippen LogP contribution in [0, 0.1) is 32.5 Å². The molecular weight excluding hydrogens is 480 g/mol. The normalized spacial score (nSPS) is 23.2. The summed E-state index contributed by atoms with van der Waals surface area (Å²) in [6.45, 7) is 49.8. The Kier molecular flexibility index (Phi) is 8.86. The molecule has 0 heterocycles. The van der Waals surface area contributed by atoms with E-state index in [1.54, 1.807) is 5.56 Å². The monoisotopic (exact) mass is 549 g/mol. The first-order valence-electron chi connectivity index (χ1n) is 16.0. The number of hydrogen-bond acceptors (Lipinski definition) is 0. The van der Waals surface area contributed by atoms with Gasteiger partial charge in [0.25, 0.3) is 0 Å². The fourth-order valence-corrected chi connectivity index (χ4v) is 7.26. The lowest BCUT2D eigenvalue weighted by molar-refractivity contribution is 0.0242. The first-order chi connectivity index (χ1) is 17.6. The van der Waals surface area contributed by atoms with Crippen molar-refractivity contribution in [3.05, 3.63) is 60.2 Å². The molecule has 0 radical (unpaired) electrons. The Morgan fingerprint density at radius 3 is 1.62 bits per heavy atom. The van der Waals surface area contributed by atoms with Gasteiger partial charge in [0.05, 0.1) is 0 Å². The van der Waals surface area contributed by atoms with Gasteiger partial charge in [0.2, 0.25) is 0 Å². The van der Waals surface area contributed by atoms with Crippen LogP contribution in [-0.4, -0.2) is 0 Å². The molecule has 1 aromatic carbocycles. The molecule has 0 amide bonds. The second-order valence-corrected chi connectivity index (χ2v) is 19.1. The maximum absolute atomic E-state index is 4.19. The highest BCUT2D eigenvalue weighted by Gasteiger charge is 2.64. The van der Waals surface area contributed by atoms with Crippen molar-refractivity contribution in [1.82, 2.24) is 0 Å². The minimum Gasteiger partial charge on any atom is -0.103 e. The summed E-state index contributed by atoms with van der Waals surface area (Å²) < 4.78 is 0. The Balaban J connectivity index is 2.62. The average Bonchev–Trinajstić information content (AvgIpc) is 3.31.